The van der Waals surface area contributed by atoms with Crippen molar-refractivity contribution in [2.45, 2.75) is 20.3 Å². The van der Waals surface area contributed by atoms with E-state index in [9.17, 15) is 9.59 Å². The molecule has 1 aromatic heterocycles. The van der Waals surface area contributed by atoms with Crippen LogP contribution in [0.15, 0.2) is 16.7 Å². The minimum Gasteiger partial charge on any atom is -0.468 e. The van der Waals surface area contributed by atoms with Crippen molar-refractivity contribution in [3.05, 3.63) is 23.7 Å². The van der Waals surface area contributed by atoms with E-state index in [1.165, 1.54) is 12.3 Å². The highest BCUT2D eigenvalue weighted by molar-refractivity contribution is 5.91. The fourth-order valence-electron chi connectivity index (χ4n) is 1.21. The molecular formula is C11H14O5. The van der Waals surface area contributed by atoms with E-state index < -0.39 is 11.9 Å². The molecule has 0 N–H and O–H groups in total. The van der Waals surface area contributed by atoms with Gasteiger partial charge in [0.05, 0.1) is 19.5 Å². The summed E-state index contributed by atoms with van der Waals surface area (Å²) in [6.07, 6.45) is 1.29. The lowest BCUT2D eigenvalue weighted by Gasteiger charge is -2.02. The smallest absolute Gasteiger partial charge is 0.341 e. The van der Waals surface area contributed by atoms with Crippen LogP contribution in [-0.2, 0) is 20.7 Å². The molecule has 0 saturated carbocycles. The Morgan fingerprint density at radius 1 is 1.25 bits per heavy atom. The number of ether oxygens (including phenoxy) is 2. The molecule has 5 nitrogen and oxygen atoms in total. The molecule has 0 radical (unpaired) electrons. The Morgan fingerprint density at radius 2 is 1.94 bits per heavy atom. The van der Waals surface area contributed by atoms with Crippen LogP contribution in [0.3, 0.4) is 0 Å². The predicted octanol–water partition coefficient (Wildman–Crippen LogP) is 1.56. The third kappa shape index (κ3) is 3.12. The summed E-state index contributed by atoms with van der Waals surface area (Å²) in [5.41, 5.74) is 0.273. The Hall–Kier alpha value is -1.78. The summed E-state index contributed by atoms with van der Waals surface area (Å²) in [5, 5.41) is 0. The van der Waals surface area contributed by atoms with Crippen molar-refractivity contribution < 1.29 is 23.5 Å². The van der Waals surface area contributed by atoms with E-state index in [0.29, 0.717) is 6.61 Å². The molecule has 0 unspecified atom stereocenters. The van der Waals surface area contributed by atoms with Gasteiger partial charge >= 0.3 is 11.9 Å². The van der Waals surface area contributed by atoms with Gasteiger partial charge in [0, 0.05) is 0 Å². The Labute approximate surface area is 93.3 Å². The number of hydrogen-bond acceptors (Lipinski definition) is 5. The first-order valence-corrected chi connectivity index (χ1v) is 5.08. The molecule has 0 aliphatic carbocycles. The monoisotopic (exact) mass is 226 g/mol. The zero-order valence-corrected chi connectivity index (χ0v) is 9.32. The largest absolute Gasteiger partial charge is 0.468 e. The van der Waals surface area contributed by atoms with E-state index in [1.54, 1.807) is 13.8 Å². The van der Waals surface area contributed by atoms with E-state index in [1.807, 2.05) is 0 Å². The number of carbonyl (C=O) groups excluding carboxylic acids is 2. The standard InChI is InChI=1S/C11H14O5/c1-3-14-10(12)7-9-8(5-6-16-9)11(13)15-4-2/h5-6H,3-4,7H2,1-2H3. The highest BCUT2D eigenvalue weighted by Gasteiger charge is 2.18. The molecule has 1 rings (SSSR count). The van der Waals surface area contributed by atoms with Crippen molar-refractivity contribution in [3.8, 4) is 0 Å². The van der Waals surface area contributed by atoms with Crippen LogP contribution in [0, 0.1) is 0 Å². The van der Waals surface area contributed by atoms with Crippen LogP contribution in [0.2, 0.25) is 0 Å². The van der Waals surface area contributed by atoms with Gasteiger partial charge in [-0.05, 0) is 19.9 Å². The molecule has 0 saturated heterocycles. The van der Waals surface area contributed by atoms with Crippen LogP contribution < -0.4 is 0 Å². The Balaban J connectivity index is 2.70. The van der Waals surface area contributed by atoms with Gasteiger partial charge in [0.2, 0.25) is 0 Å². The van der Waals surface area contributed by atoms with Crippen molar-refractivity contribution >= 4 is 11.9 Å². The average molecular weight is 226 g/mol. The molecule has 0 spiro atoms. The van der Waals surface area contributed by atoms with Crippen LogP contribution in [-0.4, -0.2) is 25.2 Å². The first-order chi connectivity index (χ1) is 7.69. The van der Waals surface area contributed by atoms with Gasteiger partial charge in [0.25, 0.3) is 0 Å². The summed E-state index contributed by atoms with van der Waals surface area (Å²) in [6.45, 7) is 4.01. The van der Waals surface area contributed by atoms with Crippen molar-refractivity contribution in [1.82, 2.24) is 0 Å². The van der Waals surface area contributed by atoms with Crippen molar-refractivity contribution in [3.63, 3.8) is 0 Å². The number of rotatable bonds is 5. The number of hydrogen-bond donors (Lipinski definition) is 0. The minimum absolute atomic E-state index is 0.0605. The summed E-state index contributed by atoms with van der Waals surface area (Å²) in [5.74, 6) is -0.643. The normalized spacial score (nSPS) is 9.88. The first-order valence-electron chi connectivity index (χ1n) is 5.08. The van der Waals surface area contributed by atoms with Crippen LogP contribution in [0.4, 0.5) is 0 Å². The lowest BCUT2D eigenvalue weighted by atomic mass is 10.2. The highest BCUT2D eigenvalue weighted by atomic mass is 16.5. The zero-order valence-electron chi connectivity index (χ0n) is 9.32. The highest BCUT2D eigenvalue weighted by Crippen LogP contribution is 2.13. The van der Waals surface area contributed by atoms with Crippen LogP contribution >= 0.6 is 0 Å². The maximum atomic E-state index is 11.4. The molecule has 0 atom stereocenters. The summed E-state index contributed by atoms with van der Waals surface area (Å²) < 4.78 is 14.6. The van der Waals surface area contributed by atoms with Gasteiger partial charge in [0.15, 0.2) is 0 Å². The Kier molecular flexibility index (Phi) is 4.57. The van der Waals surface area contributed by atoms with Gasteiger partial charge in [0.1, 0.15) is 17.7 Å². The molecule has 1 aromatic rings. The summed E-state index contributed by atoms with van der Waals surface area (Å²) >= 11 is 0. The lowest BCUT2D eigenvalue weighted by molar-refractivity contribution is -0.142. The molecule has 0 aromatic carbocycles. The third-order valence-electron chi connectivity index (χ3n) is 1.85. The number of furan rings is 1. The topological polar surface area (TPSA) is 65.7 Å². The van der Waals surface area contributed by atoms with Crippen molar-refractivity contribution in [2.24, 2.45) is 0 Å². The summed E-state index contributed by atoms with van der Waals surface area (Å²) in [4.78, 5) is 22.6. The molecular weight excluding hydrogens is 212 g/mol. The second-order valence-corrected chi connectivity index (χ2v) is 2.96. The Bertz CT molecular complexity index is 366. The third-order valence-corrected chi connectivity index (χ3v) is 1.85. The molecule has 88 valence electrons. The van der Waals surface area contributed by atoms with Gasteiger partial charge in [-0.3, -0.25) is 4.79 Å². The van der Waals surface area contributed by atoms with Crippen molar-refractivity contribution in [1.29, 1.82) is 0 Å². The number of carbonyl (C=O) groups is 2. The maximum absolute atomic E-state index is 11.4. The molecule has 0 aliphatic heterocycles. The predicted molar refractivity (Wildman–Crippen MR) is 55.0 cm³/mol. The zero-order chi connectivity index (χ0) is 12.0. The van der Waals surface area contributed by atoms with E-state index >= 15 is 0 Å². The van der Waals surface area contributed by atoms with E-state index in [-0.39, 0.29) is 24.4 Å². The number of esters is 2. The molecule has 1 heterocycles. The summed E-state index contributed by atoms with van der Waals surface area (Å²) in [7, 11) is 0. The average Bonchev–Trinajstić information content (AvgIpc) is 2.66. The molecule has 0 amide bonds. The SMILES string of the molecule is CCOC(=O)Cc1occc1C(=O)OCC. The van der Waals surface area contributed by atoms with Crippen LogP contribution in [0.5, 0.6) is 0 Å². The fourth-order valence-corrected chi connectivity index (χ4v) is 1.21. The van der Waals surface area contributed by atoms with E-state index in [2.05, 4.69) is 0 Å². The maximum Gasteiger partial charge on any atom is 0.341 e. The summed E-state index contributed by atoms with van der Waals surface area (Å²) in [6, 6.07) is 1.48. The quantitative estimate of drug-likeness (QED) is 0.713. The lowest BCUT2D eigenvalue weighted by Crippen LogP contribution is -2.11. The van der Waals surface area contributed by atoms with E-state index in [0.717, 1.165) is 0 Å². The van der Waals surface area contributed by atoms with Gasteiger partial charge in [-0.15, -0.1) is 0 Å². The van der Waals surface area contributed by atoms with Crippen LogP contribution in [0.25, 0.3) is 0 Å². The first kappa shape index (κ1) is 12.3. The minimum atomic E-state index is -0.490. The van der Waals surface area contributed by atoms with Gasteiger partial charge < -0.3 is 13.9 Å². The van der Waals surface area contributed by atoms with Gasteiger partial charge in [-0.25, -0.2) is 4.79 Å². The van der Waals surface area contributed by atoms with Crippen molar-refractivity contribution in [2.75, 3.05) is 13.2 Å². The molecule has 0 bridgehead atoms. The van der Waals surface area contributed by atoms with E-state index in [4.69, 9.17) is 13.9 Å². The van der Waals surface area contributed by atoms with Gasteiger partial charge in [-0.2, -0.15) is 0 Å². The second-order valence-electron chi connectivity index (χ2n) is 2.96. The second kappa shape index (κ2) is 5.95. The Morgan fingerprint density at radius 3 is 2.56 bits per heavy atom. The molecule has 0 aliphatic rings. The molecule has 5 heteroatoms. The van der Waals surface area contributed by atoms with Crippen LogP contribution in [0.1, 0.15) is 30.0 Å². The molecule has 16 heavy (non-hydrogen) atoms. The molecule has 0 fully saturated rings. The fraction of sp³-hybridized carbons (Fsp3) is 0.455. The van der Waals surface area contributed by atoms with Gasteiger partial charge in [-0.1, -0.05) is 0 Å².